The molecule has 16 heavy (non-hydrogen) atoms. The fourth-order valence-corrected chi connectivity index (χ4v) is 1.33. The first-order valence-corrected chi connectivity index (χ1v) is 5.66. The van der Waals surface area contributed by atoms with Gasteiger partial charge in [0.05, 0.1) is 13.3 Å². The zero-order valence-electron chi connectivity index (χ0n) is 9.94. The monoisotopic (exact) mass is 228 g/mol. The van der Waals surface area contributed by atoms with Crippen LogP contribution in [0.1, 0.15) is 20.3 Å². The largest absolute Gasteiger partial charge is 0.462 e. The second kappa shape index (κ2) is 7.11. The molecular weight excluding hydrogens is 208 g/mol. The summed E-state index contributed by atoms with van der Waals surface area (Å²) >= 11 is 0. The van der Waals surface area contributed by atoms with Crippen molar-refractivity contribution in [2.24, 2.45) is 0 Å². The molecule has 0 fully saturated rings. The zero-order valence-corrected chi connectivity index (χ0v) is 9.94. The summed E-state index contributed by atoms with van der Waals surface area (Å²) in [6.07, 6.45) is 4.64. The highest BCUT2D eigenvalue weighted by Gasteiger charge is 2.21. The summed E-state index contributed by atoms with van der Waals surface area (Å²) in [7, 11) is 0. The molecule has 1 unspecified atom stereocenters. The molecule has 0 spiro atoms. The van der Waals surface area contributed by atoms with Gasteiger partial charge in [-0.05, 0) is 13.3 Å². The number of rotatable bonds is 7. The van der Waals surface area contributed by atoms with Crippen LogP contribution in [0.15, 0.2) is 12.4 Å². The Labute approximate surface area is 96.4 Å². The van der Waals surface area contributed by atoms with Crippen molar-refractivity contribution in [2.45, 2.75) is 26.3 Å². The fraction of sp³-hybridized carbons (Fsp3) is 0.727. The molecule has 1 atom stereocenters. The van der Waals surface area contributed by atoms with Crippen molar-refractivity contribution >= 4 is 5.97 Å². The minimum absolute atomic E-state index is 0.214. The van der Waals surface area contributed by atoms with Gasteiger partial charge in [-0.3, -0.25) is 0 Å². The first kappa shape index (κ1) is 12.8. The number of nitrogens with zero attached hydrogens (tertiary/aromatic N) is 1. The lowest BCUT2D eigenvalue weighted by molar-refractivity contribution is -0.149. The molecule has 0 amide bonds. The molecule has 0 aliphatic carbocycles. The maximum absolute atomic E-state index is 11.6. The number of carbonyl (C=O) groups is 1. The Morgan fingerprint density at radius 1 is 1.50 bits per heavy atom. The van der Waals surface area contributed by atoms with Gasteiger partial charge in [-0.25, -0.2) is 4.79 Å². The molecule has 1 N–H and O–H groups in total. The maximum Gasteiger partial charge on any atom is 0.328 e. The minimum Gasteiger partial charge on any atom is -0.462 e. The number of hydrogen-bond acceptors (Lipinski definition) is 5. The van der Waals surface area contributed by atoms with Crippen LogP contribution in [-0.2, 0) is 14.3 Å². The summed E-state index contributed by atoms with van der Waals surface area (Å²) in [6, 6.07) is -0.252. The summed E-state index contributed by atoms with van der Waals surface area (Å²) in [5.41, 5.74) is 0. The van der Waals surface area contributed by atoms with Gasteiger partial charge in [0.1, 0.15) is 12.6 Å². The minimum atomic E-state index is -0.252. The van der Waals surface area contributed by atoms with E-state index in [0.717, 1.165) is 6.42 Å². The van der Waals surface area contributed by atoms with Gasteiger partial charge < -0.3 is 19.7 Å². The van der Waals surface area contributed by atoms with Gasteiger partial charge in [-0.2, -0.15) is 0 Å². The Morgan fingerprint density at radius 2 is 2.31 bits per heavy atom. The summed E-state index contributed by atoms with van der Waals surface area (Å²) in [5.74, 6) is -0.214. The van der Waals surface area contributed by atoms with E-state index in [1.807, 2.05) is 31.1 Å². The van der Waals surface area contributed by atoms with E-state index in [9.17, 15) is 4.79 Å². The summed E-state index contributed by atoms with van der Waals surface area (Å²) in [4.78, 5) is 13.5. The fourth-order valence-electron chi connectivity index (χ4n) is 1.33. The molecule has 0 aromatic carbocycles. The first-order valence-electron chi connectivity index (χ1n) is 5.66. The van der Waals surface area contributed by atoms with Crippen LogP contribution in [0.3, 0.4) is 0 Å². The van der Waals surface area contributed by atoms with Crippen molar-refractivity contribution in [1.29, 1.82) is 0 Å². The van der Waals surface area contributed by atoms with Crippen LogP contribution < -0.4 is 5.32 Å². The maximum atomic E-state index is 11.6. The number of esters is 1. The highest BCUT2D eigenvalue weighted by atomic mass is 16.6. The van der Waals surface area contributed by atoms with E-state index < -0.39 is 0 Å². The molecular formula is C11H20N2O3. The predicted octanol–water partition coefficient (Wildman–Crippen LogP) is 0.679. The van der Waals surface area contributed by atoms with E-state index in [-0.39, 0.29) is 12.0 Å². The van der Waals surface area contributed by atoms with E-state index in [1.54, 1.807) is 0 Å². The quantitative estimate of drug-likeness (QED) is 0.513. The van der Waals surface area contributed by atoms with Crippen LogP contribution in [0.4, 0.5) is 0 Å². The van der Waals surface area contributed by atoms with Crippen LogP contribution in [-0.4, -0.2) is 43.4 Å². The Morgan fingerprint density at radius 3 is 2.94 bits per heavy atom. The number of carbonyl (C=O) groups excluding carboxylic acids is 1. The molecule has 1 heterocycles. The molecule has 0 aromatic rings. The second-order valence-corrected chi connectivity index (χ2v) is 3.65. The Bertz CT molecular complexity index is 243. The molecule has 0 aromatic heterocycles. The summed E-state index contributed by atoms with van der Waals surface area (Å²) < 4.78 is 10.3. The molecule has 5 heteroatoms. The molecule has 0 saturated heterocycles. The second-order valence-electron chi connectivity index (χ2n) is 3.65. The molecule has 0 saturated carbocycles. The van der Waals surface area contributed by atoms with E-state index in [4.69, 9.17) is 9.47 Å². The molecule has 1 aliphatic rings. The smallest absolute Gasteiger partial charge is 0.328 e. The van der Waals surface area contributed by atoms with Gasteiger partial charge in [-0.15, -0.1) is 0 Å². The van der Waals surface area contributed by atoms with Gasteiger partial charge in [0.2, 0.25) is 0 Å². The summed E-state index contributed by atoms with van der Waals surface area (Å²) in [6.45, 7) is 6.04. The van der Waals surface area contributed by atoms with E-state index >= 15 is 0 Å². The Balaban J connectivity index is 2.11. The van der Waals surface area contributed by atoms with Crippen molar-refractivity contribution < 1.29 is 14.3 Å². The number of hydrogen-bond donors (Lipinski definition) is 1. The van der Waals surface area contributed by atoms with Crippen molar-refractivity contribution in [3.8, 4) is 0 Å². The SMILES string of the molecule is CCCOCCOC(=O)C(C)N1C=CNC1. The Kier molecular flexibility index (Phi) is 5.71. The van der Waals surface area contributed by atoms with E-state index in [1.165, 1.54) is 0 Å². The summed E-state index contributed by atoms with van der Waals surface area (Å²) in [5, 5.41) is 3.01. The van der Waals surface area contributed by atoms with Gasteiger partial charge in [0.15, 0.2) is 0 Å². The van der Waals surface area contributed by atoms with Crippen molar-refractivity contribution in [3.05, 3.63) is 12.4 Å². The third kappa shape index (κ3) is 4.10. The van der Waals surface area contributed by atoms with Crippen LogP contribution in [0.2, 0.25) is 0 Å². The standard InChI is InChI=1S/C11H20N2O3/c1-3-6-15-7-8-16-11(14)10(2)13-5-4-12-9-13/h4-5,10,12H,3,6-9H2,1-2H3. The van der Waals surface area contributed by atoms with E-state index in [0.29, 0.717) is 26.5 Å². The lowest BCUT2D eigenvalue weighted by Gasteiger charge is -2.21. The van der Waals surface area contributed by atoms with Gasteiger partial charge in [-0.1, -0.05) is 6.92 Å². The van der Waals surface area contributed by atoms with Crippen molar-refractivity contribution in [2.75, 3.05) is 26.5 Å². The molecule has 0 bridgehead atoms. The van der Waals surface area contributed by atoms with Crippen molar-refractivity contribution in [1.82, 2.24) is 10.2 Å². The molecule has 0 radical (unpaired) electrons. The van der Waals surface area contributed by atoms with Gasteiger partial charge in [0, 0.05) is 19.0 Å². The molecule has 5 nitrogen and oxygen atoms in total. The topological polar surface area (TPSA) is 50.8 Å². The molecule has 1 aliphatic heterocycles. The van der Waals surface area contributed by atoms with Gasteiger partial charge >= 0.3 is 5.97 Å². The number of ether oxygens (including phenoxy) is 2. The van der Waals surface area contributed by atoms with Crippen LogP contribution in [0, 0.1) is 0 Å². The van der Waals surface area contributed by atoms with Crippen LogP contribution in [0.5, 0.6) is 0 Å². The lowest BCUT2D eigenvalue weighted by Crippen LogP contribution is -2.37. The average molecular weight is 228 g/mol. The average Bonchev–Trinajstić information content (AvgIpc) is 2.81. The Hall–Kier alpha value is -1.23. The normalized spacial score (nSPS) is 16.0. The van der Waals surface area contributed by atoms with Crippen LogP contribution in [0.25, 0.3) is 0 Å². The number of nitrogens with one attached hydrogen (secondary N) is 1. The predicted molar refractivity (Wildman–Crippen MR) is 60.5 cm³/mol. The zero-order chi connectivity index (χ0) is 11.8. The third-order valence-corrected chi connectivity index (χ3v) is 2.32. The van der Waals surface area contributed by atoms with E-state index in [2.05, 4.69) is 5.32 Å². The molecule has 1 rings (SSSR count). The highest BCUT2D eigenvalue weighted by Crippen LogP contribution is 2.04. The van der Waals surface area contributed by atoms with Crippen LogP contribution >= 0.6 is 0 Å². The molecule has 92 valence electrons. The first-order chi connectivity index (χ1) is 7.75. The highest BCUT2D eigenvalue weighted by molar-refractivity contribution is 5.75. The third-order valence-electron chi connectivity index (χ3n) is 2.32. The van der Waals surface area contributed by atoms with Gasteiger partial charge in [0.25, 0.3) is 0 Å². The van der Waals surface area contributed by atoms with Crippen molar-refractivity contribution in [3.63, 3.8) is 0 Å². The lowest BCUT2D eigenvalue weighted by atomic mass is 10.3.